The third-order valence-electron chi connectivity index (χ3n) is 3.48. The van der Waals surface area contributed by atoms with Crippen LogP contribution in [0.1, 0.15) is 25.7 Å². The number of amides is 1. The molecule has 1 aromatic rings. The van der Waals surface area contributed by atoms with Crippen LogP contribution in [0.2, 0.25) is 5.15 Å². The van der Waals surface area contributed by atoms with Gasteiger partial charge in [0.05, 0.1) is 17.5 Å². The van der Waals surface area contributed by atoms with E-state index in [1.165, 1.54) is 6.20 Å². The van der Waals surface area contributed by atoms with Gasteiger partial charge in [0, 0.05) is 10.7 Å². The maximum atomic E-state index is 12.3. The van der Waals surface area contributed by atoms with Crippen LogP contribution < -0.4 is 5.32 Å². The highest BCUT2D eigenvalue weighted by Gasteiger charge is 2.35. The summed E-state index contributed by atoms with van der Waals surface area (Å²) >= 11 is 9.17. The molecule has 1 aliphatic rings. The van der Waals surface area contributed by atoms with Crippen molar-refractivity contribution in [2.75, 3.05) is 5.32 Å². The van der Waals surface area contributed by atoms with Gasteiger partial charge in [0.15, 0.2) is 5.15 Å². The fourth-order valence-electron chi connectivity index (χ4n) is 2.48. The van der Waals surface area contributed by atoms with Crippen molar-refractivity contribution in [2.45, 2.75) is 25.7 Å². The fourth-order valence-corrected chi connectivity index (χ4v) is 2.96. The van der Waals surface area contributed by atoms with Crippen molar-refractivity contribution in [1.82, 2.24) is 4.98 Å². The second-order valence-electron chi connectivity index (χ2n) is 4.82. The largest absolute Gasteiger partial charge is 0.481 e. The molecular weight excluding hydrogens is 348 g/mol. The number of anilines is 1. The molecule has 5 nitrogen and oxygen atoms in total. The van der Waals surface area contributed by atoms with Crippen molar-refractivity contribution in [3.63, 3.8) is 0 Å². The lowest BCUT2D eigenvalue weighted by atomic mass is 9.78. The zero-order chi connectivity index (χ0) is 14.7. The molecule has 0 bridgehead atoms. The van der Waals surface area contributed by atoms with E-state index in [0.717, 1.165) is 12.8 Å². The molecule has 7 heteroatoms. The number of rotatable bonds is 3. The average molecular weight is 362 g/mol. The number of halogens is 2. The van der Waals surface area contributed by atoms with Gasteiger partial charge in [-0.05, 0) is 34.8 Å². The lowest BCUT2D eigenvalue weighted by molar-refractivity contribution is -0.147. The SMILES string of the molecule is O=C(O)[C@H]1CCCC[C@H]1C(=O)Nc1cc(Br)cnc1Cl. The first-order valence-electron chi connectivity index (χ1n) is 6.33. The monoisotopic (exact) mass is 360 g/mol. The summed E-state index contributed by atoms with van der Waals surface area (Å²) in [6.07, 6.45) is 4.37. The van der Waals surface area contributed by atoms with Crippen LogP contribution in [0.5, 0.6) is 0 Å². The van der Waals surface area contributed by atoms with Crippen molar-refractivity contribution < 1.29 is 14.7 Å². The minimum atomic E-state index is -0.914. The molecule has 0 radical (unpaired) electrons. The van der Waals surface area contributed by atoms with Crippen molar-refractivity contribution in [3.8, 4) is 0 Å². The second-order valence-corrected chi connectivity index (χ2v) is 6.09. The Labute approximate surface area is 129 Å². The van der Waals surface area contributed by atoms with Gasteiger partial charge >= 0.3 is 5.97 Å². The lowest BCUT2D eigenvalue weighted by Gasteiger charge is -2.27. The number of nitrogens with one attached hydrogen (secondary N) is 1. The number of nitrogens with zero attached hydrogens (tertiary/aromatic N) is 1. The number of carboxylic acids is 1. The van der Waals surface area contributed by atoms with E-state index < -0.39 is 17.8 Å². The number of carbonyl (C=O) groups excluding carboxylic acids is 1. The molecule has 1 aromatic heterocycles. The molecule has 1 saturated carbocycles. The Hall–Kier alpha value is -1.14. The zero-order valence-corrected chi connectivity index (χ0v) is 12.9. The molecule has 0 unspecified atom stereocenters. The smallest absolute Gasteiger partial charge is 0.307 e. The van der Waals surface area contributed by atoms with E-state index in [1.54, 1.807) is 6.07 Å². The van der Waals surface area contributed by atoms with E-state index in [-0.39, 0.29) is 11.1 Å². The predicted molar refractivity (Wildman–Crippen MR) is 78.7 cm³/mol. The number of hydrogen-bond acceptors (Lipinski definition) is 3. The molecule has 0 saturated heterocycles. The number of carbonyl (C=O) groups is 2. The second kappa shape index (κ2) is 6.54. The first-order valence-corrected chi connectivity index (χ1v) is 7.51. The van der Waals surface area contributed by atoms with Gasteiger partial charge in [0.25, 0.3) is 0 Å². The van der Waals surface area contributed by atoms with Crippen LogP contribution in [0, 0.1) is 11.8 Å². The number of aromatic nitrogens is 1. The lowest BCUT2D eigenvalue weighted by Crippen LogP contribution is -2.36. The Bertz CT molecular complexity index is 538. The first-order chi connectivity index (χ1) is 9.49. The van der Waals surface area contributed by atoms with E-state index in [1.807, 2.05) is 0 Å². The first kappa shape index (κ1) is 15.3. The van der Waals surface area contributed by atoms with Crippen LogP contribution in [-0.2, 0) is 9.59 Å². The van der Waals surface area contributed by atoms with Crippen molar-refractivity contribution >= 4 is 45.1 Å². The van der Waals surface area contributed by atoms with Crippen molar-refractivity contribution in [1.29, 1.82) is 0 Å². The van der Waals surface area contributed by atoms with Gasteiger partial charge in [0.2, 0.25) is 5.91 Å². The molecule has 1 aliphatic carbocycles. The molecule has 0 aromatic carbocycles. The Kier molecular flexibility index (Phi) is 4.99. The highest BCUT2D eigenvalue weighted by atomic mass is 79.9. The molecule has 108 valence electrons. The third kappa shape index (κ3) is 3.49. The van der Waals surface area contributed by atoms with E-state index in [4.69, 9.17) is 11.6 Å². The highest BCUT2D eigenvalue weighted by Crippen LogP contribution is 2.32. The minimum absolute atomic E-state index is 0.184. The summed E-state index contributed by atoms with van der Waals surface area (Å²) in [5.41, 5.74) is 0.390. The molecule has 2 atom stereocenters. The van der Waals surface area contributed by atoms with Crippen molar-refractivity contribution in [2.24, 2.45) is 11.8 Å². The standard InChI is InChI=1S/C13H14BrClN2O3/c14-7-5-10(11(15)16-6-7)17-12(18)8-3-1-2-4-9(8)13(19)20/h5-6,8-9H,1-4H2,(H,17,18)(H,19,20)/t8-,9+/m1/s1. The highest BCUT2D eigenvalue weighted by molar-refractivity contribution is 9.10. The van der Waals surface area contributed by atoms with Gasteiger partial charge in [0.1, 0.15) is 0 Å². The molecule has 20 heavy (non-hydrogen) atoms. The number of pyridine rings is 1. The normalized spacial score (nSPS) is 22.3. The van der Waals surface area contributed by atoms with E-state index >= 15 is 0 Å². The number of aliphatic carboxylic acids is 1. The summed E-state index contributed by atoms with van der Waals surface area (Å²) in [7, 11) is 0. The average Bonchev–Trinajstić information content (AvgIpc) is 2.42. The maximum Gasteiger partial charge on any atom is 0.307 e. The van der Waals surface area contributed by atoms with E-state index in [2.05, 4.69) is 26.2 Å². The third-order valence-corrected chi connectivity index (χ3v) is 4.22. The topological polar surface area (TPSA) is 79.3 Å². The Morgan fingerprint density at radius 1 is 1.35 bits per heavy atom. The van der Waals surface area contributed by atoms with E-state index in [9.17, 15) is 14.7 Å². The van der Waals surface area contributed by atoms with Gasteiger partial charge in [-0.2, -0.15) is 0 Å². The minimum Gasteiger partial charge on any atom is -0.481 e. The number of carboxylic acid groups (broad SMARTS) is 1. The summed E-state index contributed by atoms with van der Waals surface area (Å²) < 4.78 is 0.690. The summed E-state index contributed by atoms with van der Waals surface area (Å²) in [6.45, 7) is 0. The molecule has 0 aliphatic heterocycles. The van der Waals surface area contributed by atoms with Gasteiger partial charge in [-0.15, -0.1) is 0 Å². The van der Waals surface area contributed by atoms with Crippen LogP contribution >= 0.6 is 27.5 Å². The molecule has 1 amide bonds. The van der Waals surface area contributed by atoms with Crippen LogP contribution in [0.25, 0.3) is 0 Å². The van der Waals surface area contributed by atoms with Gasteiger partial charge in [-0.3, -0.25) is 9.59 Å². The molecule has 1 heterocycles. The van der Waals surface area contributed by atoms with Gasteiger partial charge in [-0.1, -0.05) is 24.4 Å². The molecular formula is C13H14BrClN2O3. The molecule has 1 fully saturated rings. The van der Waals surface area contributed by atoms with Crippen molar-refractivity contribution in [3.05, 3.63) is 21.9 Å². The van der Waals surface area contributed by atoms with Gasteiger partial charge < -0.3 is 10.4 Å². The summed E-state index contributed by atoms with van der Waals surface area (Å²) in [5, 5.41) is 12.1. The Balaban J connectivity index is 2.14. The fraction of sp³-hybridized carbons (Fsp3) is 0.462. The van der Waals surface area contributed by atoms with Crippen LogP contribution in [0.3, 0.4) is 0 Å². The molecule has 2 N–H and O–H groups in total. The predicted octanol–water partition coefficient (Wildman–Crippen LogP) is 3.33. The maximum absolute atomic E-state index is 12.3. The summed E-state index contributed by atoms with van der Waals surface area (Å²) in [4.78, 5) is 27.4. The summed E-state index contributed by atoms with van der Waals surface area (Å²) in [5.74, 6) is -2.36. The van der Waals surface area contributed by atoms with Crippen LogP contribution in [0.15, 0.2) is 16.7 Å². The van der Waals surface area contributed by atoms with Crippen LogP contribution in [-0.4, -0.2) is 22.0 Å². The zero-order valence-electron chi connectivity index (χ0n) is 10.6. The molecule has 0 spiro atoms. The quantitative estimate of drug-likeness (QED) is 0.809. The summed E-state index contributed by atoms with van der Waals surface area (Å²) in [6, 6.07) is 1.64. The number of hydrogen-bond donors (Lipinski definition) is 2. The Morgan fingerprint density at radius 3 is 2.65 bits per heavy atom. The van der Waals surface area contributed by atoms with E-state index in [0.29, 0.717) is 23.0 Å². The van der Waals surface area contributed by atoms with Crippen LogP contribution in [0.4, 0.5) is 5.69 Å². The molecule has 2 rings (SSSR count). The van der Waals surface area contributed by atoms with Gasteiger partial charge in [-0.25, -0.2) is 4.98 Å². The Morgan fingerprint density at radius 2 is 2.00 bits per heavy atom.